The molecular weight excluding hydrogens is 218 g/mol. The smallest absolute Gasteiger partial charge is 0.0952 e. The summed E-state index contributed by atoms with van der Waals surface area (Å²) in [6.45, 7) is 5.08. The molecule has 0 radical (unpaired) electrons. The molecule has 0 aliphatic rings. The van der Waals surface area contributed by atoms with Crippen LogP contribution in [0, 0.1) is 0 Å². The molecule has 0 saturated heterocycles. The molecule has 86 valence electrons. The van der Waals surface area contributed by atoms with Crippen molar-refractivity contribution in [3.8, 4) is 0 Å². The molecule has 4 heteroatoms. The van der Waals surface area contributed by atoms with E-state index < -0.39 is 0 Å². The van der Waals surface area contributed by atoms with Gasteiger partial charge in [0.15, 0.2) is 0 Å². The Balaban J connectivity index is 1.87. The first kappa shape index (κ1) is 11.4. The third-order valence-corrected chi connectivity index (χ3v) is 3.17. The second kappa shape index (κ2) is 5.82. The molecule has 2 rings (SSSR count). The van der Waals surface area contributed by atoms with E-state index in [0.717, 1.165) is 31.7 Å². The number of imidazole rings is 1. The van der Waals surface area contributed by atoms with Gasteiger partial charge < -0.3 is 9.88 Å². The Morgan fingerprint density at radius 1 is 1.50 bits per heavy atom. The highest BCUT2D eigenvalue weighted by Crippen LogP contribution is 2.08. The van der Waals surface area contributed by atoms with E-state index in [1.54, 1.807) is 11.3 Å². The van der Waals surface area contributed by atoms with Crippen molar-refractivity contribution < 1.29 is 0 Å². The maximum absolute atomic E-state index is 4.39. The average Bonchev–Trinajstić information content (AvgIpc) is 2.91. The van der Waals surface area contributed by atoms with Gasteiger partial charge in [0, 0.05) is 25.7 Å². The summed E-state index contributed by atoms with van der Waals surface area (Å²) in [4.78, 5) is 4.39. The largest absolute Gasteiger partial charge is 0.333 e. The van der Waals surface area contributed by atoms with E-state index in [2.05, 4.69) is 44.8 Å². The number of hydrogen-bond acceptors (Lipinski definition) is 3. The number of nitrogens with zero attached hydrogens (tertiary/aromatic N) is 2. The minimum absolute atomic E-state index is 0.928. The summed E-state index contributed by atoms with van der Waals surface area (Å²) >= 11 is 1.74. The third kappa shape index (κ3) is 3.18. The lowest BCUT2D eigenvalue weighted by Gasteiger charge is -1.99. The van der Waals surface area contributed by atoms with E-state index in [-0.39, 0.29) is 0 Å². The number of thiophene rings is 1. The van der Waals surface area contributed by atoms with E-state index >= 15 is 0 Å². The third-order valence-electron chi connectivity index (χ3n) is 2.44. The Morgan fingerprint density at radius 2 is 2.44 bits per heavy atom. The summed E-state index contributed by atoms with van der Waals surface area (Å²) in [5, 5.41) is 7.59. The summed E-state index contributed by atoms with van der Waals surface area (Å²) in [5.41, 5.74) is 2.51. The molecule has 2 heterocycles. The predicted octanol–water partition coefficient (Wildman–Crippen LogP) is 2.14. The summed E-state index contributed by atoms with van der Waals surface area (Å²) in [6.07, 6.45) is 5.05. The second-order valence-corrected chi connectivity index (χ2v) is 4.55. The van der Waals surface area contributed by atoms with Crippen molar-refractivity contribution in [3.63, 3.8) is 0 Å². The zero-order valence-electron chi connectivity index (χ0n) is 9.52. The molecule has 0 unspecified atom stereocenters. The Labute approximate surface area is 100 Å². The quantitative estimate of drug-likeness (QED) is 0.777. The van der Waals surface area contributed by atoms with Crippen molar-refractivity contribution in [2.24, 2.45) is 0 Å². The topological polar surface area (TPSA) is 29.9 Å². The molecule has 2 aromatic rings. The minimum Gasteiger partial charge on any atom is -0.333 e. The van der Waals surface area contributed by atoms with Gasteiger partial charge in [-0.25, -0.2) is 4.98 Å². The van der Waals surface area contributed by atoms with Crippen molar-refractivity contribution in [2.75, 3.05) is 13.1 Å². The average molecular weight is 235 g/mol. The first-order valence-electron chi connectivity index (χ1n) is 5.61. The van der Waals surface area contributed by atoms with Gasteiger partial charge in [0.05, 0.1) is 12.0 Å². The van der Waals surface area contributed by atoms with Crippen LogP contribution in [0.25, 0.3) is 0 Å². The van der Waals surface area contributed by atoms with Gasteiger partial charge in [0.2, 0.25) is 0 Å². The molecule has 0 bridgehead atoms. The van der Waals surface area contributed by atoms with Crippen LogP contribution in [0.5, 0.6) is 0 Å². The Morgan fingerprint density at radius 3 is 3.19 bits per heavy atom. The van der Waals surface area contributed by atoms with Gasteiger partial charge in [0.1, 0.15) is 0 Å². The first-order chi connectivity index (χ1) is 7.88. The molecule has 1 N–H and O–H groups in total. The fourth-order valence-electron chi connectivity index (χ4n) is 1.61. The highest BCUT2D eigenvalue weighted by atomic mass is 32.1. The maximum Gasteiger partial charge on any atom is 0.0952 e. The molecule has 0 aliphatic carbocycles. The molecule has 0 saturated carbocycles. The highest BCUT2D eigenvalue weighted by molar-refractivity contribution is 7.07. The van der Waals surface area contributed by atoms with Crippen LogP contribution in [0.4, 0.5) is 0 Å². The van der Waals surface area contributed by atoms with Gasteiger partial charge in [-0.1, -0.05) is 6.92 Å². The summed E-state index contributed by atoms with van der Waals surface area (Å²) in [7, 11) is 0. The lowest BCUT2D eigenvalue weighted by Crippen LogP contribution is -2.16. The Hall–Kier alpha value is -1.13. The van der Waals surface area contributed by atoms with E-state index in [4.69, 9.17) is 0 Å². The van der Waals surface area contributed by atoms with Crippen LogP contribution in [-0.2, 0) is 13.0 Å². The van der Waals surface area contributed by atoms with E-state index in [9.17, 15) is 0 Å². The lowest BCUT2D eigenvalue weighted by atomic mass is 10.3. The fourth-order valence-corrected chi connectivity index (χ4v) is 2.27. The van der Waals surface area contributed by atoms with Crippen LogP contribution < -0.4 is 5.32 Å². The standard InChI is InChI=1S/C12H17N3S/c1-2-13-5-3-12-8-15(10-14-12)7-11-4-6-16-9-11/h4,6,8-10,13H,2-3,5,7H2,1H3. The van der Waals surface area contributed by atoms with Crippen LogP contribution >= 0.6 is 11.3 Å². The number of aromatic nitrogens is 2. The van der Waals surface area contributed by atoms with Crippen LogP contribution in [0.1, 0.15) is 18.2 Å². The van der Waals surface area contributed by atoms with Crippen molar-refractivity contribution in [1.82, 2.24) is 14.9 Å². The van der Waals surface area contributed by atoms with Crippen molar-refractivity contribution >= 4 is 11.3 Å². The molecule has 0 atom stereocenters. The molecule has 16 heavy (non-hydrogen) atoms. The molecule has 2 aromatic heterocycles. The summed E-state index contributed by atoms with van der Waals surface area (Å²) in [6, 6.07) is 2.16. The molecule has 0 amide bonds. The highest BCUT2D eigenvalue weighted by Gasteiger charge is 1.99. The van der Waals surface area contributed by atoms with Crippen LogP contribution in [0.15, 0.2) is 29.4 Å². The van der Waals surface area contributed by atoms with Gasteiger partial charge in [-0.3, -0.25) is 0 Å². The number of nitrogens with one attached hydrogen (secondary N) is 1. The number of likely N-dealkylation sites (N-methyl/N-ethyl adjacent to an activating group) is 1. The number of rotatable bonds is 6. The Bertz CT molecular complexity index is 406. The van der Waals surface area contributed by atoms with Gasteiger partial charge in [-0.15, -0.1) is 0 Å². The monoisotopic (exact) mass is 235 g/mol. The Kier molecular flexibility index (Phi) is 4.13. The number of hydrogen-bond donors (Lipinski definition) is 1. The van der Waals surface area contributed by atoms with Crippen LogP contribution in [0.3, 0.4) is 0 Å². The lowest BCUT2D eigenvalue weighted by molar-refractivity contribution is 0.709. The second-order valence-electron chi connectivity index (χ2n) is 3.77. The maximum atomic E-state index is 4.39. The van der Waals surface area contributed by atoms with Crippen LogP contribution in [0.2, 0.25) is 0 Å². The van der Waals surface area contributed by atoms with Crippen molar-refractivity contribution in [1.29, 1.82) is 0 Å². The van der Waals surface area contributed by atoms with Gasteiger partial charge in [0.25, 0.3) is 0 Å². The molecule has 0 aromatic carbocycles. The molecular formula is C12H17N3S. The first-order valence-corrected chi connectivity index (χ1v) is 6.55. The summed E-state index contributed by atoms with van der Waals surface area (Å²) in [5.74, 6) is 0. The molecule has 0 fully saturated rings. The zero-order chi connectivity index (χ0) is 11.2. The van der Waals surface area contributed by atoms with Crippen LogP contribution in [-0.4, -0.2) is 22.6 Å². The zero-order valence-corrected chi connectivity index (χ0v) is 10.3. The van der Waals surface area contributed by atoms with E-state index in [1.807, 2.05) is 6.33 Å². The minimum atomic E-state index is 0.928. The van der Waals surface area contributed by atoms with Crippen molar-refractivity contribution in [2.45, 2.75) is 19.9 Å². The molecule has 0 aliphatic heterocycles. The molecule has 0 spiro atoms. The van der Waals surface area contributed by atoms with Gasteiger partial charge >= 0.3 is 0 Å². The van der Waals surface area contributed by atoms with Gasteiger partial charge in [-0.2, -0.15) is 11.3 Å². The summed E-state index contributed by atoms with van der Waals surface area (Å²) < 4.78 is 2.14. The van der Waals surface area contributed by atoms with E-state index in [1.165, 1.54) is 5.56 Å². The fraction of sp³-hybridized carbons (Fsp3) is 0.417. The van der Waals surface area contributed by atoms with Gasteiger partial charge in [-0.05, 0) is 28.9 Å². The normalized spacial score (nSPS) is 10.8. The SMILES string of the molecule is CCNCCc1cn(Cc2ccsc2)cn1. The molecule has 3 nitrogen and oxygen atoms in total. The van der Waals surface area contributed by atoms with E-state index in [0.29, 0.717) is 0 Å². The van der Waals surface area contributed by atoms with Crippen molar-refractivity contribution in [3.05, 3.63) is 40.6 Å². The predicted molar refractivity (Wildman–Crippen MR) is 67.9 cm³/mol.